The van der Waals surface area contributed by atoms with Gasteiger partial charge in [0.1, 0.15) is 17.9 Å². The van der Waals surface area contributed by atoms with Crippen LogP contribution in [0, 0.1) is 0 Å². The van der Waals surface area contributed by atoms with Crippen LogP contribution in [0.15, 0.2) is 23.2 Å². The van der Waals surface area contributed by atoms with Crippen LogP contribution in [0.25, 0.3) is 0 Å². The van der Waals surface area contributed by atoms with E-state index >= 15 is 0 Å². The molecular weight excluding hydrogens is 229 g/mol. The molecular formula is C10H14FN3OS. The Hall–Kier alpha value is -1.27. The maximum Gasteiger partial charge on any atom is 0.192 e. The quantitative estimate of drug-likeness (QED) is 0.627. The topological polar surface area (TPSA) is 73.6 Å². The zero-order valence-corrected chi connectivity index (χ0v) is 9.76. The van der Waals surface area contributed by atoms with Crippen molar-refractivity contribution in [3.8, 4) is 5.75 Å². The minimum absolute atomic E-state index is 0.0872. The van der Waals surface area contributed by atoms with E-state index in [1.807, 2.05) is 6.92 Å². The zero-order chi connectivity index (χ0) is 12.0. The molecule has 0 unspecified atom stereocenters. The Morgan fingerprint density at radius 2 is 2.31 bits per heavy atom. The van der Waals surface area contributed by atoms with Gasteiger partial charge in [-0.25, -0.2) is 4.99 Å². The van der Waals surface area contributed by atoms with Crippen molar-refractivity contribution in [3.63, 3.8) is 0 Å². The van der Waals surface area contributed by atoms with Crippen LogP contribution in [-0.2, 0) is 6.54 Å². The van der Waals surface area contributed by atoms with Crippen LogP contribution < -0.4 is 16.2 Å². The molecule has 1 rings (SSSR count). The summed E-state index contributed by atoms with van der Waals surface area (Å²) in [4.78, 5) is 3.86. The number of ether oxygens (including phenoxy) is 1. The summed E-state index contributed by atoms with van der Waals surface area (Å²) in [5, 5.41) is -0.132. The van der Waals surface area contributed by atoms with Crippen LogP contribution in [0.1, 0.15) is 12.5 Å². The molecule has 0 fully saturated rings. The molecule has 0 saturated heterocycles. The highest BCUT2D eigenvalue weighted by atomic mass is 32.2. The van der Waals surface area contributed by atoms with Crippen molar-refractivity contribution >= 4 is 23.0 Å². The van der Waals surface area contributed by atoms with Crippen LogP contribution in [0.5, 0.6) is 5.75 Å². The fraction of sp³-hybridized carbons (Fsp3) is 0.300. The van der Waals surface area contributed by atoms with Gasteiger partial charge in [-0.15, -0.1) is 0 Å². The average Bonchev–Trinajstić information content (AvgIpc) is 2.31. The Labute approximate surface area is 98.2 Å². The Morgan fingerprint density at radius 1 is 1.56 bits per heavy atom. The van der Waals surface area contributed by atoms with Crippen LogP contribution in [0.2, 0.25) is 0 Å². The standard InChI is InChI=1S/C10H14FN3OS/c1-2-15-9-4-3-8(5-7(9)6-12)14-10(13)16-11/h3-5H,2,6,12H2,1H3,(H2,13,14). The number of amidine groups is 1. The number of aliphatic imine (C=N–C) groups is 1. The summed E-state index contributed by atoms with van der Waals surface area (Å²) in [5.74, 6) is 0.718. The lowest BCUT2D eigenvalue weighted by molar-refractivity contribution is 0.336. The number of benzene rings is 1. The highest BCUT2D eigenvalue weighted by Gasteiger charge is 2.03. The van der Waals surface area contributed by atoms with Gasteiger partial charge in [-0.3, -0.25) is 0 Å². The summed E-state index contributed by atoms with van der Waals surface area (Å²) in [6.07, 6.45) is 0. The second kappa shape index (κ2) is 6.34. The van der Waals surface area contributed by atoms with Gasteiger partial charge < -0.3 is 16.2 Å². The number of hydrogen-bond acceptors (Lipinski definition) is 4. The van der Waals surface area contributed by atoms with Gasteiger partial charge in [0.25, 0.3) is 0 Å². The van der Waals surface area contributed by atoms with Crippen LogP contribution >= 0.6 is 12.1 Å². The van der Waals surface area contributed by atoms with Crippen LogP contribution in [-0.4, -0.2) is 11.8 Å². The first-order valence-electron chi connectivity index (χ1n) is 4.79. The van der Waals surface area contributed by atoms with E-state index in [0.29, 0.717) is 18.8 Å². The highest BCUT2D eigenvalue weighted by molar-refractivity contribution is 8.09. The lowest BCUT2D eigenvalue weighted by atomic mass is 10.2. The minimum Gasteiger partial charge on any atom is -0.494 e. The van der Waals surface area contributed by atoms with Crippen molar-refractivity contribution in [2.75, 3.05) is 6.61 Å². The Morgan fingerprint density at radius 3 is 2.88 bits per heavy atom. The molecule has 0 spiro atoms. The summed E-state index contributed by atoms with van der Waals surface area (Å²) in [6.45, 7) is 2.80. The van der Waals surface area contributed by atoms with Gasteiger partial charge in [0.2, 0.25) is 0 Å². The molecule has 0 aliphatic rings. The number of rotatable bonds is 4. The Bertz CT molecular complexity index is 384. The molecule has 1 aromatic rings. The molecule has 0 saturated carbocycles. The molecule has 4 nitrogen and oxygen atoms in total. The largest absolute Gasteiger partial charge is 0.494 e. The highest BCUT2D eigenvalue weighted by Crippen LogP contribution is 2.24. The second-order valence-corrected chi connectivity index (χ2v) is 3.53. The lowest BCUT2D eigenvalue weighted by Crippen LogP contribution is -2.04. The first-order chi connectivity index (χ1) is 7.71. The van der Waals surface area contributed by atoms with Crippen LogP contribution in [0.3, 0.4) is 0 Å². The number of nitrogens with zero attached hydrogens (tertiary/aromatic N) is 1. The first kappa shape index (κ1) is 12.8. The van der Waals surface area contributed by atoms with E-state index in [0.717, 1.165) is 11.3 Å². The maximum absolute atomic E-state index is 12.1. The van der Waals surface area contributed by atoms with E-state index in [9.17, 15) is 3.89 Å². The summed E-state index contributed by atoms with van der Waals surface area (Å²) < 4.78 is 17.4. The third kappa shape index (κ3) is 3.39. The molecule has 6 heteroatoms. The summed E-state index contributed by atoms with van der Waals surface area (Å²) in [7, 11) is 0. The fourth-order valence-electron chi connectivity index (χ4n) is 1.24. The molecule has 0 bridgehead atoms. The predicted octanol–water partition coefficient (Wildman–Crippen LogP) is 2.11. The molecule has 0 heterocycles. The van der Waals surface area contributed by atoms with E-state index in [-0.39, 0.29) is 17.3 Å². The third-order valence-electron chi connectivity index (χ3n) is 1.88. The molecule has 0 amide bonds. The molecule has 0 aromatic heterocycles. The van der Waals surface area contributed by atoms with Gasteiger partial charge in [0.05, 0.1) is 12.3 Å². The van der Waals surface area contributed by atoms with Crippen molar-refractivity contribution in [2.45, 2.75) is 13.5 Å². The van der Waals surface area contributed by atoms with E-state index < -0.39 is 0 Å². The SMILES string of the molecule is CCOc1ccc(N=C(N)SF)cc1CN. The van der Waals surface area contributed by atoms with E-state index in [4.69, 9.17) is 16.2 Å². The fourth-order valence-corrected chi connectivity index (χ4v) is 1.38. The predicted molar refractivity (Wildman–Crippen MR) is 65.5 cm³/mol. The summed E-state index contributed by atoms with van der Waals surface area (Å²) in [6, 6.07) is 5.18. The molecule has 0 radical (unpaired) electrons. The number of hydrogen-bond donors (Lipinski definition) is 2. The first-order valence-corrected chi connectivity index (χ1v) is 5.51. The molecule has 0 aliphatic heterocycles. The van der Waals surface area contributed by atoms with Gasteiger partial charge in [-0.1, -0.05) is 0 Å². The minimum atomic E-state index is -0.132. The van der Waals surface area contributed by atoms with Crippen molar-refractivity contribution < 1.29 is 8.62 Å². The normalized spacial score (nSPS) is 11.6. The molecule has 4 N–H and O–H groups in total. The van der Waals surface area contributed by atoms with Gasteiger partial charge in [0.15, 0.2) is 5.17 Å². The smallest absolute Gasteiger partial charge is 0.192 e. The Balaban J connectivity index is 2.99. The lowest BCUT2D eigenvalue weighted by Gasteiger charge is -2.09. The van der Waals surface area contributed by atoms with Gasteiger partial charge >= 0.3 is 0 Å². The molecule has 0 aliphatic carbocycles. The molecule has 1 aromatic carbocycles. The third-order valence-corrected chi connectivity index (χ3v) is 2.13. The van der Waals surface area contributed by atoms with E-state index in [1.54, 1.807) is 18.2 Å². The summed E-state index contributed by atoms with van der Waals surface area (Å²) in [5.41, 5.74) is 12.2. The monoisotopic (exact) mass is 243 g/mol. The molecule has 16 heavy (non-hydrogen) atoms. The average molecular weight is 243 g/mol. The van der Waals surface area contributed by atoms with E-state index in [1.165, 1.54) is 0 Å². The molecule has 88 valence electrons. The maximum atomic E-state index is 12.1. The number of halogens is 1. The number of nitrogens with two attached hydrogens (primary N) is 2. The van der Waals surface area contributed by atoms with Crippen molar-refractivity contribution in [1.29, 1.82) is 0 Å². The second-order valence-electron chi connectivity index (χ2n) is 2.96. The van der Waals surface area contributed by atoms with Crippen molar-refractivity contribution in [2.24, 2.45) is 16.5 Å². The summed E-state index contributed by atoms with van der Waals surface area (Å²) >= 11 is -0.0872. The molecule has 0 atom stereocenters. The van der Waals surface area contributed by atoms with E-state index in [2.05, 4.69) is 4.99 Å². The van der Waals surface area contributed by atoms with Crippen molar-refractivity contribution in [1.82, 2.24) is 0 Å². The van der Waals surface area contributed by atoms with Gasteiger partial charge in [0, 0.05) is 12.1 Å². The zero-order valence-electron chi connectivity index (χ0n) is 8.94. The van der Waals surface area contributed by atoms with Crippen LogP contribution in [0.4, 0.5) is 9.57 Å². The van der Waals surface area contributed by atoms with Gasteiger partial charge in [-0.05, 0) is 25.1 Å². The Kier molecular flexibility index (Phi) is 5.07. The van der Waals surface area contributed by atoms with Crippen molar-refractivity contribution in [3.05, 3.63) is 23.8 Å². The van der Waals surface area contributed by atoms with Gasteiger partial charge in [-0.2, -0.15) is 3.89 Å².